The second-order valence-corrected chi connectivity index (χ2v) is 8.11. The van der Waals surface area contributed by atoms with Crippen molar-refractivity contribution in [3.63, 3.8) is 0 Å². The van der Waals surface area contributed by atoms with Crippen molar-refractivity contribution in [1.29, 1.82) is 0 Å². The number of hydrogen-bond donors (Lipinski definition) is 1. The lowest BCUT2D eigenvalue weighted by Gasteiger charge is -2.38. The first kappa shape index (κ1) is 15.9. The molecule has 0 bridgehead atoms. The SMILES string of the molecule is CC1(CO)CCCN(c2nn3cc(-c4ccc(Cl)cc4)nc3s2)C1. The van der Waals surface area contributed by atoms with Crippen LogP contribution in [0.2, 0.25) is 5.02 Å². The minimum Gasteiger partial charge on any atom is -0.396 e. The van der Waals surface area contributed by atoms with E-state index >= 15 is 0 Å². The third-order valence-corrected chi connectivity index (χ3v) is 5.84. The Bertz CT molecular complexity index is 828. The second-order valence-electron chi connectivity index (χ2n) is 6.74. The van der Waals surface area contributed by atoms with Crippen molar-refractivity contribution in [1.82, 2.24) is 14.6 Å². The van der Waals surface area contributed by atoms with Gasteiger partial charge in [-0.25, -0.2) is 9.50 Å². The van der Waals surface area contributed by atoms with Gasteiger partial charge in [-0.15, -0.1) is 5.10 Å². The highest BCUT2D eigenvalue weighted by molar-refractivity contribution is 7.20. The molecule has 1 aromatic carbocycles. The van der Waals surface area contributed by atoms with E-state index in [1.165, 1.54) is 0 Å². The molecule has 1 saturated heterocycles. The maximum atomic E-state index is 9.63. The molecule has 1 aliphatic rings. The van der Waals surface area contributed by atoms with Crippen LogP contribution in [0.5, 0.6) is 0 Å². The van der Waals surface area contributed by atoms with Crippen LogP contribution in [0.15, 0.2) is 30.5 Å². The first-order valence-corrected chi connectivity index (χ1v) is 9.24. The van der Waals surface area contributed by atoms with Gasteiger partial charge in [-0.3, -0.25) is 0 Å². The number of piperidine rings is 1. The van der Waals surface area contributed by atoms with Crippen LogP contribution in [0, 0.1) is 5.41 Å². The van der Waals surface area contributed by atoms with E-state index in [9.17, 15) is 5.11 Å². The van der Waals surface area contributed by atoms with E-state index in [-0.39, 0.29) is 12.0 Å². The lowest BCUT2D eigenvalue weighted by molar-refractivity contribution is 0.123. The third-order valence-electron chi connectivity index (χ3n) is 4.61. The van der Waals surface area contributed by atoms with E-state index < -0.39 is 0 Å². The van der Waals surface area contributed by atoms with Crippen LogP contribution in [0.4, 0.5) is 5.13 Å². The standard InChI is InChI=1S/C17H19ClN4OS/c1-17(11-23)7-2-8-21(10-17)16-20-22-9-14(19-15(22)24-16)12-3-5-13(18)6-4-12/h3-6,9,23H,2,7-8,10-11H2,1H3. The third kappa shape index (κ3) is 2.90. The molecular weight excluding hydrogens is 344 g/mol. The minimum absolute atomic E-state index is 0.0412. The molecule has 0 spiro atoms. The van der Waals surface area contributed by atoms with Crippen molar-refractivity contribution in [2.45, 2.75) is 19.8 Å². The molecule has 2 aromatic heterocycles. The summed E-state index contributed by atoms with van der Waals surface area (Å²) in [6, 6.07) is 7.67. The van der Waals surface area contributed by atoms with Crippen LogP contribution < -0.4 is 4.90 Å². The van der Waals surface area contributed by atoms with Crippen LogP contribution in [0.1, 0.15) is 19.8 Å². The van der Waals surface area contributed by atoms with Gasteiger partial charge in [0.05, 0.1) is 18.5 Å². The summed E-state index contributed by atoms with van der Waals surface area (Å²) in [5.41, 5.74) is 1.89. The lowest BCUT2D eigenvalue weighted by Crippen LogP contribution is -2.43. The zero-order valence-electron chi connectivity index (χ0n) is 13.4. The summed E-state index contributed by atoms with van der Waals surface area (Å²) in [4.78, 5) is 7.83. The molecule has 0 radical (unpaired) electrons. The molecule has 7 heteroatoms. The summed E-state index contributed by atoms with van der Waals surface area (Å²) in [6.45, 7) is 4.17. The number of hydrogen-bond acceptors (Lipinski definition) is 5. The molecule has 126 valence electrons. The Balaban J connectivity index is 1.61. The van der Waals surface area contributed by atoms with Crippen LogP contribution in [0.25, 0.3) is 16.2 Å². The Hall–Kier alpha value is -1.63. The van der Waals surface area contributed by atoms with Gasteiger partial charge in [0.25, 0.3) is 0 Å². The van der Waals surface area contributed by atoms with Crippen molar-refractivity contribution >= 4 is 33.0 Å². The van der Waals surface area contributed by atoms with Gasteiger partial charge in [0.1, 0.15) is 0 Å². The monoisotopic (exact) mass is 362 g/mol. The molecule has 0 saturated carbocycles. The highest BCUT2D eigenvalue weighted by atomic mass is 35.5. The number of aliphatic hydroxyl groups is 1. The number of aliphatic hydroxyl groups excluding tert-OH is 1. The maximum Gasteiger partial charge on any atom is 0.214 e. The van der Waals surface area contributed by atoms with E-state index in [0.29, 0.717) is 0 Å². The second kappa shape index (κ2) is 6.02. The van der Waals surface area contributed by atoms with Crippen LogP contribution >= 0.6 is 22.9 Å². The number of nitrogens with zero attached hydrogens (tertiary/aromatic N) is 4. The largest absolute Gasteiger partial charge is 0.396 e. The highest BCUT2D eigenvalue weighted by Crippen LogP contribution is 2.34. The summed E-state index contributed by atoms with van der Waals surface area (Å²) in [5.74, 6) is 0. The average Bonchev–Trinajstić information content (AvgIpc) is 3.14. The number of fused-ring (bicyclic) bond motifs is 1. The Morgan fingerprint density at radius 2 is 2.12 bits per heavy atom. The van der Waals surface area contributed by atoms with Gasteiger partial charge in [0.15, 0.2) is 0 Å². The van der Waals surface area contributed by atoms with Gasteiger partial charge >= 0.3 is 0 Å². The normalized spacial score (nSPS) is 21.5. The highest BCUT2D eigenvalue weighted by Gasteiger charge is 2.31. The van der Waals surface area contributed by atoms with E-state index in [2.05, 4.69) is 16.8 Å². The summed E-state index contributed by atoms with van der Waals surface area (Å²) in [5, 5.41) is 16.0. The Kier molecular flexibility index (Phi) is 3.98. The van der Waals surface area contributed by atoms with Gasteiger partial charge in [0, 0.05) is 29.1 Å². The van der Waals surface area contributed by atoms with E-state index in [0.717, 1.165) is 52.3 Å². The molecule has 1 atom stereocenters. The minimum atomic E-state index is -0.0412. The molecule has 5 nitrogen and oxygen atoms in total. The molecule has 0 amide bonds. The average molecular weight is 363 g/mol. The Labute approximate surface area is 149 Å². The maximum absolute atomic E-state index is 9.63. The van der Waals surface area contributed by atoms with Crippen LogP contribution in [0.3, 0.4) is 0 Å². The fourth-order valence-corrected chi connectivity index (χ4v) is 4.22. The van der Waals surface area contributed by atoms with E-state index in [1.807, 2.05) is 35.0 Å². The van der Waals surface area contributed by atoms with E-state index in [1.54, 1.807) is 11.3 Å². The fourth-order valence-electron chi connectivity index (χ4n) is 3.19. The molecule has 0 aliphatic carbocycles. The quantitative estimate of drug-likeness (QED) is 0.771. The number of rotatable bonds is 3. The van der Waals surface area contributed by atoms with Crippen molar-refractivity contribution in [2.75, 3.05) is 24.6 Å². The van der Waals surface area contributed by atoms with Gasteiger partial charge in [-0.05, 0) is 25.0 Å². The van der Waals surface area contributed by atoms with Crippen molar-refractivity contribution < 1.29 is 5.11 Å². The Morgan fingerprint density at radius 3 is 2.83 bits per heavy atom. The summed E-state index contributed by atoms with van der Waals surface area (Å²) in [7, 11) is 0. The molecule has 1 unspecified atom stereocenters. The zero-order valence-corrected chi connectivity index (χ0v) is 15.0. The van der Waals surface area contributed by atoms with Crippen LogP contribution in [-0.2, 0) is 0 Å². The van der Waals surface area contributed by atoms with Gasteiger partial charge in [0.2, 0.25) is 10.1 Å². The van der Waals surface area contributed by atoms with Crippen molar-refractivity contribution in [2.24, 2.45) is 5.41 Å². The predicted octanol–water partition coefficient (Wildman–Crippen LogP) is 3.71. The topological polar surface area (TPSA) is 53.7 Å². The van der Waals surface area contributed by atoms with Crippen molar-refractivity contribution in [3.05, 3.63) is 35.5 Å². The number of anilines is 1. The predicted molar refractivity (Wildman–Crippen MR) is 97.9 cm³/mol. The van der Waals surface area contributed by atoms with Gasteiger partial charge in [-0.2, -0.15) is 0 Å². The smallest absolute Gasteiger partial charge is 0.214 e. The summed E-state index contributed by atoms with van der Waals surface area (Å²) >= 11 is 7.53. The summed E-state index contributed by atoms with van der Waals surface area (Å²) < 4.78 is 1.84. The number of halogens is 1. The number of aromatic nitrogens is 3. The van der Waals surface area contributed by atoms with Crippen LogP contribution in [-0.4, -0.2) is 39.4 Å². The van der Waals surface area contributed by atoms with E-state index in [4.69, 9.17) is 16.7 Å². The first-order valence-electron chi connectivity index (χ1n) is 8.04. The molecule has 1 aliphatic heterocycles. The summed E-state index contributed by atoms with van der Waals surface area (Å²) in [6.07, 6.45) is 4.09. The first-order chi connectivity index (χ1) is 11.6. The molecule has 3 aromatic rings. The van der Waals surface area contributed by atoms with Gasteiger partial charge in [-0.1, -0.05) is 42.0 Å². The van der Waals surface area contributed by atoms with Gasteiger partial charge < -0.3 is 10.0 Å². The van der Waals surface area contributed by atoms with Crippen molar-refractivity contribution in [3.8, 4) is 11.3 Å². The number of benzene rings is 1. The molecule has 1 fully saturated rings. The molecule has 3 heterocycles. The fraction of sp³-hybridized carbons (Fsp3) is 0.412. The molecule has 1 N–H and O–H groups in total. The Morgan fingerprint density at radius 1 is 1.33 bits per heavy atom. The molecular formula is C17H19ClN4OS. The number of imidazole rings is 1. The zero-order chi connectivity index (χ0) is 16.7. The molecule has 4 rings (SSSR count). The lowest BCUT2D eigenvalue weighted by atomic mass is 9.83. The molecule has 24 heavy (non-hydrogen) atoms.